The van der Waals surface area contributed by atoms with Crippen LogP contribution in [0.25, 0.3) is 16.6 Å². The average molecular weight is 431 g/mol. The lowest BCUT2D eigenvalue weighted by Crippen LogP contribution is -2.30. The molecule has 0 unspecified atom stereocenters. The van der Waals surface area contributed by atoms with E-state index in [1.54, 1.807) is 15.4 Å². The van der Waals surface area contributed by atoms with E-state index < -0.39 is 0 Å². The molecule has 1 atom stereocenters. The number of aryl methyl sites for hydroxylation is 1. The maximum Gasteiger partial charge on any atom is 0.148 e. The van der Waals surface area contributed by atoms with E-state index in [-0.39, 0.29) is 6.10 Å². The van der Waals surface area contributed by atoms with Crippen LogP contribution in [0, 0.1) is 18.3 Å². The molecule has 0 amide bonds. The van der Waals surface area contributed by atoms with Crippen LogP contribution in [0.15, 0.2) is 36.9 Å². The number of fused-ring (bicyclic) bond motifs is 1. The van der Waals surface area contributed by atoms with Gasteiger partial charge in [-0.3, -0.25) is 9.36 Å². The van der Waals surface area contributed by atoms with Crippen LogP contribution in [0.2, 0.25) is 0 Å². The van der Waals surface area contributed by atoms with E-state index in [0.29, 0.717) is 22.9 Å². The van der Waals surface area contributed by atoms with E-state index in [1.165, 1.54) is 0 Å². The number of nitrogens with one attached hydrogen (secondary N) is 1. The lowest BCUT2D eigenvalue weighted by Gasteiger charge is -2.24. The van der Waals surface area contributed by atoms with Gasteiger partial charge in [0, 0.05) is 36.3 Å². The molecule has 1 aliphatic rings. The molecule has 0 saturated carbocycles. The van der Waals surface area contributed by atoms with Crippen molar-refractivity contribution in [2.75, 3.05) is 13.1 Å². The van der Waals surface area contributed by atoms with E-state index in [2.05, 4.69) is 33.2 Å². The van der Waals surface area contributed by atoms with E-state index in [1.807, 2.05) is 44.7 Å². The Bertz CT molecular complexity index is 1300. The van der Waals surface area contributed by atoms with Crippen molar-refractivity contribution in [2.24, 2.45) is 7.05 Å². The molecule has 9 heteroatoms. The Morgan fingerprint density at radius 1 is 1.25 bits per heavy atom. The summed E-state index contributed by atoms with van der Waals surface area (Å²) in [6.07, 6.45) is 9.17. The standard InChI is InChI=1S/C23H26N8O/c1-15-20(13-27-31(15)19-4-7-25-8-5-19)17-10-22(23-18(11-24)12-26-30(23)14-17)32-16(2)21-6-9-29(3)28-21/h6,9-10,12-14,16,19,25H,4-5,7-8H2,1-3H3/t16-/m1/s1. The minimum absolute atomic E-state index is 0.282. The molecule has 0 aliphatic carbocycles. The summed E-state index contributed by atoms with van der Waals surface area (Å²) in [5.41, 5.74) is 5.06. The van der Waals surface area contributed by atoms with Crippen molar-refractivity contribution in [3.8, 4) is 22.9 Å². The van der Waals surface area contributed by atoms with Gasteiger partial charge in [-0.05, 0) is 51.9 Å². The van der Waals surface area contributed by atoms with Gasteiger partial charge in [0.15, 0.2) is 0 Å². The highest BCUT2D eigenvalue weighted by Gasteiger charge is 2.22. The summed E-state index contributed by atoms with van der Waals surface area (Å²) in [6.45, 7) is 6.08. The SMILES string of the molecule is Cc1c(-c2cc(O[C@H](C)c3ccn(C)n3)c3c(C#N)cnn3c2)cnn1C1CCNCC1. The molecule has 4 aromatic heterocycles. The third-order valence-corrected chi connectivity index (χ3v) is 6.16. The quantitative estimate of drug-likeness (QED) is 0.522. The molecular weight excluding hydrogens is 404 g/mol. The normalized spacial score (nSPS) is 15.7. The smallest absolute Gasteiger partial charge is 0.148 e. The van der Waals surface area contributed by atoms with Crippen molar-refractivity contribution in [1.29, 1.82) is 5.26 Å². The van der Waals surface area contributed by atoms with Crippen LogP contribution < -0.4 is 10.1 Å². The largest absolute Gasteiger partial charge is 0.482 e. The number of ether oxygens (including phenoxy) is 1. The van der Waals surface area contributed by atoms with E-state index in [0.717, 1.165) is 48.4 Å². The predicted octanol–water partition coefficient (Wildman–Crippen LogP) is 3.18. The Morgan fingerprint density at radius 3 is 2.78 bits per heavy atom. The Kier molecular flexibility index (Phi) is 5.15. The van der Waals surface area contributed by atoms with Gasteiger partial charge >= 0.3 is 0 Å². The van der Waals surface area contributed by atoms with Crippen molar-refractivity contribution in [3.05, 3.63) is 53.9 Å². The molecule has 5 heterocycles. The number of piperidine rings is 1. The van der Waals surface area contributed by atoms with Gasteiger partial charge in [0.1, 0.15) is 34.7 Å². The van der Waals surface area contributed by atoms with Crippen molar-refractivity contribution in [1.82, 2.24) is 34.5 Å². The van der Waals surface area contributed by atoms with Gasteiger partial charge in [0.2, 0.25) is 0 Å². The minimum atomic E-state index is -0.282. The van der Waals surface area contributed by atoms with Crippen LogP contribution in [0.3, 0.4) is 0 Å². The number of nitrogens with zero attached hydrogens (tertiary/aromatic N) is 7. The number of hydrogen-bond acceptors (Lipinski definition) is 6. The fourth-order valence-corrected chi connectivity index (χ4v) is 4.43. The number of pyridine rings is 1. The Labute approximate surface area is 186 Å². The topological polar surface area (TPSA) is 98.0 Å². The first-order valence-corrected chi connectivity index (χ1v) is 10.9. The third kappa shape index (κ3) is 3.52. The van der Waals surface area contributed by atoms with Crippen LogP contribution >= 0.6 is 0 Å². The van der Waals surface area contributed by atoms with Gasteiger partial charge in [-0.15, -0.1) is 0 Å². The third-order valence-electron chi connectivity index (χ3n) is 6.16. The molecule has 1 N–H and O–H groups in total. The Morgan fingerprint density at radius 2 is 2.06 bits per heavy atom. The highest BCUT2D eigenvalue weighted by molar-refractivity contribution is 5.76. The van der Waals surface area contributed by atoms with Gasteiger partial charge in [-0.1, -0.05) is 0 Å². The molecule has 164 valence electrons. The summed E-state index contributed by atoms with van der Waals surface area (Å²) >= 11 is 0. The van der Waals surface area contributed by atoms with Crippen LogP contribution in [0.4, 0.5) is 0 Å². The van der Waals surface area contributed by atoms with Gasteiger partial charge in [-0.2, -0.15) is 20.6 Å². The fourth-order valence-electron chi connectivity index (χ4n) is 4.43. The average Bonchev–Trinajstić information content (AvgIpc) is 3.52. The van der Waals surface area contributed by atoms with Gasteiger partial charge in [-0.25, -0.2) is 4.52 Å². The molecular formula is C23H26N8O. The maximum absolute atomic E-state index is 9.59. The van der Waals surface area contributed by atoms with E-state index >= 15 is 0 Å². The molecule has 0 spiro atoms. The van der Waals surface area contributed by atoms with Crippen molar-refractivity contribution >= 4 is 5.52 Å². The zero-order valence-electron chi connectivity index (χ0n) is 18.5. The number of nitriles is 1. The van der Waals surface area contributed by atoms with Crippen molar-refractivity contribution < 1.29 is 4.74 Å². The second-order valence-electron chi connectivity index (χ2n) is 8.30. The lowest BCUT2D eigenvalue weighted by molar-refractivity contribution is 0.223. The van der Waals surface area contributed by atoms with Gasteiger partial charge in [0.05, 0.1) is 18.4 Å². The molecule has 0 bridgehead atoms. The van der Waals surface area contributed by atoms with E-state index in [9.17, 15) is 5.26 Å². The first kappa shape index (κ1) is 20.3. The molecule has 4 aromatic rings. The zero-order valence-corrected chi connectivity index (χ0v) is 18.5. The Hall–Kier alpha value is -3.64. The first-order valence-electron chi connectivity index (χ1n) is 10.9. The van der Waals surface area contributed by atoms with Crippen LogP contribution in [-0.2, 0) is 7.05 Å². The summed E-state index contributed by atoms with van der Waals surface area (Å²) in [6, 6.07) is 6.54. The number of aromatic nitrogens is 6. The molecule has 32 heavy (non-hydrogen) atoms. The molecule has 1 aliphatic heterocycles. The molecule has 9 nitrogen and oxygen atoms in total. The molecule has 1 saturated heterocycles. The molecule has 5 rings (SSSR count). The minimum Gasteiger partial charge on any atom is -0.482 e. The summed E-state index contributed by atoms with van der Waals surface area (Å²) in [5, 5.41) is 26.6. The Balaban J connectivity index is 1.56. The van der Waals surface area contributed by atoms with Gasteiger partial charge in [0.25, 0.3) is 0 Å². The second kappa shape index (κ2) is 8.13. The van der Waals surface area contributed by atoms with Crippen molar-refractivity contribution in [3.63, 3.8) is 0 Å². The van der Waals surface area contributed by atoms with Crippen LogP contribution in [0.5, 0.6) is 5.75 Å². The molecule has 0 radical (unpaired) electrons. The van der Waals surface area contributed by atoms with Gasteiger partial charge < -0.3 is 10.1 Å². The molecule has 0 aromatic carbocycles. The highest BCUT2D eigenvalue weighted by Crippen LogP contribution is 2.34. The van der Waals surface area contributed by atoms with E-state index in [4.69, 9.17) is 9.84 Å². The zero-order chi connectivity index (χ0) is 22.2. The maximum atomic E-state index is 9.59. The second-order valence-corrected chi connectivity index (χ2v) is 8.30. The number of hydrogen-bond donors (Lipinski definition) is 1. The highest BCUT2D eigenvalue weighted by atomic mass is 16.5. The summed E-state index contributed by atoms with van der Waals surface area (Å²) in [7, 11) is 1.88. The predicted molar refractivity (Wildman–Crippen MR) is 119 cm³/mol. The number of rotatable bonds is 5. The monoisotopic (exact) mass is 430 g/mol. The fraction of sp³-hybridized carbons (Fsp3) is 0.391. The summed E-state index contributed by atoms with van der Waals surface area (Å²) < 4.78 is 11.9. The van der Waals surface area contributed by atoms with Crippen LogP contribution in [0.1, 0.15) is 48.9 Å². The molecule has 1 fully saturated rings. The summed E-state index contributed by atoms with van der Waals surface area (Å²) in [5.74, 6) is 0.601. The first-order chi connectivity index (χ1) is 15.5. The summed E-state index contributed by atoms with van der Waals surface area (Å²) in [4.78, 5) is 0. The lowest BCUT2D eigenvalue weighted by atomic mass is 10.1. The van der Waals surface area contributed by atoms with Crippen LogP contribution in [-0.4, -0.2) is 42.3 Å². The van der Waals surface area contributed by atoms with Crippen molar-refractivity contribution in [2.45, 2.75) is 38.8 Å².